The summed E-state index contributed by atoms with van der Waals surface area (Å²) in [4.78, 5) is 12.6. The van der Waals surface area contributed by atoms with Crippen LogP contribution in [0.2, 0.25) is 0 Å². The summed E-state index contributed by atoms with van der Waals surface area (Å²) in [5.41, 5.74) is 6.29. The fraction of sp³-hybridized carbons (Fsp3) is 0.462. The van der Waals surface area contributed by atoms with E-state index in [0.29, 0.717) is 19.1 Å². The molecule has 1 fully saturated rings. The lowest BCUT2D eigenvalue weighted by Crippen LogP contribution is -2.46. The number of nitrogens with two attached hydrogens (primary N) is 1. The molecule has 1 aromatic rings. The maximum Gasteiger partial charge on any atom is 0.314 e. The number of urea groups is 1. The number of nitrogens with one attached hydrogen (secondary N) is 1. The lowest BCUT2D eigenvalue weighted by molar-refractivity contribution is 0.185. The summed E-state index contributed by atoms with van der Waals surface area (Å²) >= 11 is 0. The van der Waals surface area contributed by atoms with Gasteiger partial charge < -0.3 is 16.0 Å². The molecule has 0 aliphatic carbocycles. The number of rotatable bonds is 3. The summed E-state index contributed by atoms with van der Waals surface area (Å²) in [5, 5.41) is 3.42. The van der Waals surface area contributed by atoms with Gasteiger partial charge in [0, 0.05) is 25.7 Å². The number of nitrogens with zero attached hydrogens (tertiary/aromatic N) is 1. The molecule has 1 heterocycles. The molecule has 4 nitrogen and oxygen atoms in total. The zero-order valence-electron chi connectivity index (χ0n) is 10.2. The molecule has 0 atom stereocenters. The van der Waals surface area contributed by atoms with Crippen molar-refractivity contribution in [3.63, 3.8) is 0 Å². The van der Waals surface area contributed by atoms with Gasteiger partial charge in [-0.05, 0) is 30.5 Å². The van der Waals surface area contributed by atoms with Crippen molar-refractivity contribution in [2.24, 2.45) is 5.73 Å². The minimum absolute atomic E-state index is 0.214. The maximum absolute atomic E-state index is 12.7. The molecule has 3 N–H and O–H groups in total. The van der Waals surface area contributed by atoms with Crippen molar-refractivity contribution in [2.75, 3.05) is 13.1 Å². The molecule has 0 aromatic heterocycles. The number of amides is 2. The minimum atomic E-state index is -0.341. The van der Waals surface area contributed by atoms with Gasteiger partial charge in [0.05, 0.1) is 0 Å². The molecule has 0 bridgehead atoms. The Hall–Kier alpha value is -1.62. The summed E-state index contributed by atoms with van der Waals surface area (Å²) in [5.74, 6) is -0.214. The highest BCUT2D eigenvalue weighted by atomic mass is 19.1. The molecular formula is C13H18FN3O. The van der Waals surface area contributed by atoms with E-state index in [9.17, 15) is 9.18 Å². The number of hydrogen-bond donors (Lipinski definition) is 2. The molecule has 0 spiro atoms. The molecule has 1 aliphatic rings. The van der Waals surface area contributed by atoms with Gasteiger partial charge in [-0.3, -0.25) is 0 Å². The van der Waals surface area contributed by atoms with Crippen LogP contribution in [0.25, 0.3) is 0 Å². The third kappa shape index (κ3) is 3.43. The number of benzene rings is 1. The van der Waals surface area contributed by atoms with Crippen molar-refractivity contribution in [2.45, 2.75) is 25.4 Å². The van der Waals surface area contributed by atoms with Gasteiger partial charge >= 0.3 is 6.03 Å². The first kappa shape index (κ1) is 12.8. The molecule has 18 heavy (non-hydrogen) atoms. The number of hydrogen-bond acceptors (Lipinski definition) is 2. The van der Waals surface area contributed by atoms with Crippen LogP contribution in [0.4, 0.5) is 9.18 Å². The smallest absolute Gasteiger partial charge is 0.314 e. The molecule has 1 saturated heterocycles. The van der Waals surface area contributed by atoms with Crippen molar-refractivity contribution >= 4 is 6.03 Å². The van der Waals surface area contributed by atoms with E-state index in [0.717, 1.165) is 24.9 Å². The molecule has 2 amide bonds. The average Bonchev–Trinajstić information content (AvgIpc) is 2.38. The Morgan fingerprint density at radius 1 is 1.33 bits per heavy atom. The molecule has 0 radical (unpaired) electrons. The molecule has 0 unspecified atom stereocenters. The molecule has 1 aliphatic heterocycles. The second-order valence-corrected chi connectivity index (χ2v) is 4.61. The summed E-state index contributed by atoms with van der Waals surface area (Å²) in [6.07, 6.45) is 1.81. The van der Waals surface area contributed by atoms with Crippen molar-refractivity contribution < 1.29 is 9.18 Å². The molecule has 98 valence electrons. The summed E-state index contributed by atoms with van der Waals surface area (Å²) in [6.45, 7) is 2.13. The maximum atomic E-state index is 12.7. The van der Waals surface area contributed by atoms with Gasteiger partial charge in [-0.25, -0.2) is 9.18 Å². The SMILES string of the molecule is NC(=O)N1CCC(NCc2ccc(F)cc2)CC1. The number of carbonyl (C=O) groups is 1. The summed E-state index contributed by atoms with van der Waals surface area (Å²) in [6, 6.07) is 6.54. The van der Waals surface area contributed by atoms with Crippen LogP contribution in [0, 0.1) is 5.82 Å². The van der Waals surface area contributed by atoms with Gasteiger partial charge in [-0.1, -0.05) is 12.1 Å². The molecule has 2 rings (SSSR count). The van der Waals surface area contributed by atoms with Gasteiger partial charge in [0.2, 0.25) is 0 Å². The van der Waals surface area contributed by atoms with E-state index in [1.807, 2.05) is 0 Å². The third-order valence-corrected chi connectivity index (χ3v) is 3.31. The molecule has 1 aromatic carbocycles. The monoisotopic (exact) mass is 251 g/mol. The van der Waals surface area contributed by atoms with Gasteiger partial charge in [-0.15, -0.1) is 0 Å². The van der Waals surface area contributed by atoms with E-state index >= 15 is 0 Å². The number of likely N-dealkylation sites (tertiary alicyclic amines) is 1. The summed E-state index contributed by atoms with van der Waals surface area (Å²) in [7, 11) is 0. The van der Waals surface area contributed by atoms with Crippen LogP contribution in [0.3, 0.4) is 0 Å². The molecule has 5 heteroatoms. The molecular weight excluding hydrogens is 233 g/mol. The quantitative estimate of drug-likeness (QED) is 0.854. The van der Waals surface area contributed by atoms with Crippen LogP contribution in [0.15, 0.2) is 24.3 Å². The second kappa shape index (κ2) is 5.82. The fourth-order valence-corrected chi connectivity index (χ4v) is 2.17. The Morgan fingerprint density at radius 2 is 1.94 bits per heavy atom. The number of halogens is 1. The topological polar surface area (TPSA) is 58.4 Å². The first-order valence-corrected chi connectivity index (χ1v) is 6.17. The van der Waals surface area contributed by atoms with Crippen LogP contribution >= 0.6 is 0 Å². The highest BCUT2D eigenvalue weighted by Gasteiger charge is 2.20. The van der Waals surface area contributed by atoms with E-state index in [-0.39, 0.29) is 11.8 Å². The fourth-order valence-electron chi connectivity index (χ4n) is 2.17. The van der Waals surface area contributed by atoms with Crippen molar-refractivity contribution in [1.82, 2.24) is 10.2 Å². The Balaban J connectivity index is 1.75. The normalized spacial score (nSPS) is 16.8. The Morgan fingerprint density at radius 3 is 2.50 bits per heavy atom. The Kier molecular flexibility index (Phi) is 4.15. The van der Waals surface area contributed by atoms with Crippen LogP contribution in [0.1, 0.15) is 18.4 Å². The van der Waals surface area contributed by atoms with E-state index in [1.165, 1.54) is 12.1 Å². The zero-order chi connectivity index (χ0) is 13.0. The van der Waals surface area contributed by atoms with E-state index < -0.39 is 0 Å². The predicted molar refractivity (Wildman–Crippen MR) is 67.4 cm³/mol. The summed E-state index contributed by atoms with van der Waals surface area (Å²) < 4.78 is 12.7. The van der Waals surface area contributed by atoms with E-state index in [4.69, 9.17) is 5.73 Å². The predicted octanol–water partition coefficient (Wildman–Crippen LogP) is 1.46. The number of primary amides is 1. The Labute approximate surface area is 106 Å². The lowest BCUT2D eigenvalue weighted by Gasteiger charge is -2.31. The number of piperidine rings is 1. The number of carbonyl (C=O) groups excluding carboxylic acids is 1. The van der Waals surface area contributed by atoms with Crippen LogP contribution in [0.5, 0.6) is 0 Å². The minimum Gasteiger partial charge on any atom is -0.351 e. The third-order valence-electron chi connectivity index (χ3n) is 3.31. The van der Waals surface area contributed by atoms with Gasteiger partial charge in [-0.2, -0.15) is 0 Å². The second-order valence-electron chi connectivity index (χ2n) is 4.61. The van der Waals surface area contributed by atoms with Crippen LogP contribution < -0.4 is 11.1 Å². The highest BCUT2D eigenvalue weighted by molar-refractivity contribution is 5.72. The molecule has 0 saturated carbocycles. The van der Waals surface area contributed by atoms with E-state index in [1.54, 1.807) is 17.0 Å². The zero-order valence-corrected chi connectivity index (χ0v) is 10.2. The first-order chi connectivity index (χ1) is 8.65. The first-order valence-electron chi connectivity index (χ1n) is 6.17. The van der Waals surface area contributed by atoms with Gasteiger partial charge in [0.1, 0.15) is 5.82 Å². The lowest BCUT2D eigenvalue weighted by atomic mass is 10.0. The Bertz CT molecular complexity index is 399. The highest BCUT2D eigenvalue weighted by Crippen LogP contribution is 2.11. The van der Waals surface area contributed by atoms with Crippen LogP contribution in [-0.2, 0) is 6.54 Å². The van der Waals surface area contributed by atoms with Crippen LogP contribution in [-0.4, -0.2) is 30.1 Å². The van der Waals surface area contributed by atoms with Crippen molar-refractivity contribution in [3.05, 3.63) is 35.6 Å². The van der Waals surface area contributed by atoms with Crippen molar-refractivity contribution in [1.29, 1.82) is 0 Å². The van der Waals surface area contributed by atoms with Gasteiger partial charge in [0.25, 0.3) is 0 Å². The van der Waals surface area contributed by atoms with Crippen molar-refractivity contribution in [3.8, 4) is 0 Å². The largest absolute Gasteiger partial charge is 0.351 e. The average molecular weight is 251 g/mol. The van der Waals surface area contributed by atoms with Gasteiger partial charge in [0.15, 0.2) is 0 Å². The van der Waals surface area contributed by atoms with E-state index in [2.05, 4.69) is 5.32 Å². The standard InChI is InChI=1S/C13H18FN3O/c14-11-3-1-10(2-4-11)9-16-12-5-7-17(8-6-12)13(15)18/h1-4,12,16H,5-9H2,(H2,15,18).